The number of carbonyl (C=O) groups is 1. The first kappa shape index (κ1) is 18.2. The van der Waals surface area contributed by atoms with Crippen LogP contribution in [0.15, 0.2) is 24.3 Å². The summed E-state index contributed by atoms with van der Waals surface area (Å²) in [7, 11) is 0. The van der Waals surface area contributed by atoms with Gasteiger partial charge < -0.3 is 10.6 Å². The molecule has 1 aromatic rings. The summed E-state index contributed by atoms with van der Waals surface area (Å²) in [6.45, 7) is 11.0. The van der Waals surface area contributed by atoms with Gasteiger partial charge in [-0.2, -0.15) is 0 Å². The van der Waals surface area contributed by atoms with Crippen molar-refractivity contribution in [1.82, 2.24) is 9.80 Å². The van der Waals surface area contributed by atoms with E-state index in [0.29, 0.717) is 12.3 Å². The minimum atomic E-state index is -0.169. The minimum absolute atomic E-state index is 0.169. The van der Waals surface area contributed by atoms with E-state index in [-0.39, 0.29) is 5.91 Å². The van der Waals surface area contributed by atoms with Crippen molar-refractivity contribution in [3.05, 3.63) is 29.8 Å². The molecule has 0 saturated carbocycles. The number of likely N-dealkylation sites (tertiary alicyclic amines) is 1. The van der Waals surface area contributed by atoms with Crippen LogP contribution in [0.5, 0.6) is 0 Å². The number of anilines is 1. The quantitative estimate of drug-likeness (QED) is 0.821. The second kappa shape index (κ2) is 8.68. The molecule has 1 amide bonds. The zero-order chi connectivity index (χ0) is 17.6. The highest BCUT2D eigenvalue weighted by Crippen LogP contribution is 2.27. The van der Waals surface area contributed by atoms with Gasteiger partial charge in [0.1, 0.15) is 0 Å². The number of para-hydroxylation sites is 1. The van der Waals surface area contributed by atoms with Gasteiger partial charge in [-0.15, -0.1) is 0 Å². The normalized spacial score (nSPS) is 22.4. The summed E-state index contributed by atoms with van der Waals surface area (Å²) in [4.78, 5) is 18.7. The Bertz CT molecular complexity index is 569. The van der Waals surface area contributed by atoms with E-state index in [2.05, 4.69) is 45.9 Å². The molecular formula is C20H32N4O. The van der Waals surface area contributed by atoms with Crippen LogP contribution in [0.3, 0.4) is 0 Å². The average molecular weight is 345 g/mol. The summed E-state index contributed by atoms with van der Waals surface area (Å²) in [6, 6.07) is 8.82. The lowest BCUT2D eigenvalue weighted by Gasteiger charge is -2.37. The molecule has 1 unspecified atom stereocenters. The minimum Gasteiger partial charge on any atom is -0.370 e. The van der Waals surface area contributed by atoms with Crippen LogP contribution in [0.4, 0.5) is 5.69 Å². The first-order chi connectivity index (χ1) is 12.2. The molecule has 0 radical (unpaired) electrons. The summed E-state index contributed by atoms with van der Waals surface area (Å²) in [5, 5.41) is 0. The second-order valence-corrected chi connectivity index (χ2v) is 7.52. The van der Waals surface area contributed by atoms with E-state index in [1.165, 1.54) is 24.2 Å². The maximum atomic E-state index is 11.1. The first-order valence-corrected chi connectivity index (χ1v) is 9.71. The molecule has 3 rings (SSSR count). The molecule has 2 aliphatic rings. The highest BCUT2D eigenvalue weighted by molar-refractivity contribution is 5.74. The van der Waals surface area contributed by atoms with E-state index in [4.69, 9.17) is 5.73 Å². The maximum absolute atomic E-state index is 11.1. The Morgan fingerprint density at radius 3 is 2.60 bits per heavy atom. The smallest absolute Gasteiger partial charge is 0.217 e. The topological polar surface area (TPSA) is 52.8 Å². The summed E-state index contributed by atoms with van der Waals surface area (Å²) < 4.78 is 0. The molecule has 2 fully saturated rings. The molecule has 0 aromatic heterocycles. The predicted molar refractivity (Wildman–Crippen MR) is 103 cm³/mol. The van der Waals surface area contributed by atoms with E-state index < -0.39 is 0 Å². The summed E-state index contributed by atoms with van der Waals surface area (Å²) in [5.74, 6) is 0.263. The lowest BCUT2D eigenvalue weighted by atomic mass is 10.1. The van der Waals surface area contributed by atoms with Crippen LogP contribution >= 0.6 is 0 Å². The fourth-order valence-corrected chi connectivity index (χ4v) is 4.23. The van der Waals surface area contributed by atoms with E-state index in [1.54, 1.807) is 0 Å². The Hall–Kier alpha value is -1.59. The highest BCUT2D eigenvalue weighted by atomic mass is 16.1. The Labute approximate surface area is 151 Å². The molecule has 0 spiro atoms. The van der Waals surface area contributed by atoms with Crippen LogP contribution < -0.4 is 10.6 Å². The lowest BCUT2D eigenvalue weighted by molar-refractivity contribution is -0.118. The Morgan fingerprint density at radius 2 is 1.88 bits per heavy atom. The van der Waals surface area contributed by atoms with Gasteiger partial charge in [-0.05, 0) is 43.5 Å². The third-order valence-corrected chi connectivity index (χ3v) is 5.50. The van der Waals surface area contributed by atoms with Crippen LogP contribution in [0.2, 0.25) is 0 Å². The molecule has 1 aromatic carbocycles. The fourth-order valence-electron chi connectivity index (χ4n) is 4.23. The Balaban J connectivity index is 1.59. The highest BCUT2D eigenvalue weighted by Gasteiger charge is 2.25. The van der Waals surface area contributed by atoms with Crippen LogP contribution in [-0.4, -0.2) is 61.5 Å². The Kier molecular flexibility index (Phi) is 6.32. The van der Waals surface area contributed by atoms with Gasteiger partial charge >= 0.3 is 0 Å². The van der Waals surface area contributed by atoms with Crippen LogP contribution in [-0.2, 0) is 11.3 Å². The van der Waals surface area contributed by atoms with Crippen molar-refractivity contribution in [3.8, 4) is 0 Å². The molecule has 1 atom stereocenters. The van der Waals surface area contributed by atoms with Gasteiger partial charge in [-0.3, -0.25) is 14.6 Å². The lowest BCUT2D eigenvalue weighted by Crippen LogP contribution is -2.46. The van der Waals surface area contributed by atoms with Gasteiger partial charge in [0.2, 0.25) is 5.91 Å². The van der Waals surface area contributed by atoms with Crippen molar-refractivity contribution in [2.75, 3.05) is 50.7 Å². The third kappa shape index (κ3) is 4.95. The van der Waals surface area contributed by atoms with Crippen molar-refractivity contribution in [2.24, 2.45) is 11.7 Å². The van der Waals surface area contributed by atoms with Crippen LogP contribution in [0.25, 0.3) is 0 Å². The van der Waals surface area contributed by atoms with Crippen molar-refractivity contribution in [3.63, 3.8) is 0 Å². The standard InChI is InChI=1S/C20H32N4O/c1-2-8-22-10-12-24(13-11-22)19-6-4-3-5-18(19)16-23-9-7-17(15-23)14-20(21)25/h3-6,17H,2,7-16H2,1H3,(H2,21,25). The van der Waals surface area contributed by atoms with Crippen molar-refractivity contribution >= 4 is 11.6 Å². The second-order valence-electron chi connectivity index (χ2n) is 7.52. The molecule has 5 nitrogen and oxygen atoms in total. The van der Waals surface area contributed by atoms with Gasteiger partial charge in [0.05, 0.1) is 0 Å². The SMILES string of the molecule is CCCN1CCN(c2ccccc2CN2CCC(CC(N)=O)C2)CC1. The molecule has 0 aliphatic carbocycles. The number of nitrogens with zero attached hydrogens (tertiary/aromatic N) is 3. The molecule has 5 heteroatoms. The van der Waals surface area contributed by atoms with E-state index >= 15 is 0 Å². The number of rotatable bonds is 7. The van der Waals surface area contributed by atoms with Crippen molar-refractivity contribution in [2.45, 2.75) is 32.7 Å². The van der Waals surface area contributed by atoms with E-state index in [1.807, 2.05) is 0 Å². The number of nitrogens with two attached hydrogens (primary N) is 1. The zero-order valence-electron chi connectivity index (χ0n) is 15.5. The maximum Gasteiger partial charge on any atom is 0.217 e. The van der Waals surface area contributed by atoms with Crippen molar-refractivity contribution in [1.29, 1.82) is 0 Å². The predicted octanol–water partition coefficient (Wildman–Crippen LogP) is 1.92. The monoisotopic (exact) mass is 344 g/mol. The Morgan fingerprint density at radius 1 is 1.12 bits per heavy atom. The molecule has 138 valence electrons. The number of primary amides is 1. The van der Waals surface area contributed by atoms with E-state index in [9.17, 15) is 4.79 Å². The van der Waals surface area contributed by atoms with E-state index in [0.717, 1.165) is 52.2 Å². The summed E-state index contributed by atoms with van der Waals surface area (Å²) in [6.07, 6.45) is 2.84. The number of hydrogen-bond donors (Lipinski definition) is 1. The molecule has 2 N–H and O–H groups in total. The van der Waals surface area contributed by atoms with Crippen LogP contribution in [0, 0.1) is 5.92 Å². The van der Waals surface area contributed by atoms with Gasteiger partial charge in [-0.25, -0.2) is 0 Å². The van der Waals surface area contributed by atoms with Gasteiger partial charge in [0.15, 0.2) is 0 Å². The number of amides is 1. The van der Waals surface area contributed by atoms with Gasteiger partial charge in [0, 0.05) is 51.4 Å². The number of carbonyl (C=O) groups excluding carboxylic acids is 1. The average Bonchev–Trinajstić information content (AvgIpc) is 3.03. The largest absolute Gasteiger partial charge is 0.370 e. The number of piperazine rings is 1. The molecule has 25 heavy (non-hydrogen) atoms. The summed E-state index contributed by atoms with van der Waals surface area (Å²) >= 11 is 0. The first-order valence-electron chi connectivity index (χ1n) is 9.71. The van der Waals surface area contributed by atoms with Crippen LogP contribution in [0.1, 0.15) is 31.7 Å². The van der Waals surface area contributed by atoms with Gasteiger partial charge in [0.25, 0.3) is 0 Å². The van der Waals surface area contributed by atoms with Gasteiger partial charge in [-0.1, -0.05) is 25.1 Å². The van der Waals surface area contributed by atoms with Crippen molar-refractivity contribution < 1.29 is 4.79 Å². The zero-order valence-corrected chi connectivity index (χ0v) is 15.5. The molecule has 0 bridgehead atoms. The molecule has 2 aliphatic heterocycles. The number of benzene rings is 1. The number of hydrogen-bond acceptors (Lipinski definition) is 4. The summed E-state index contributed by atoms with van der Waals surface area (Å²) in [5.41, 5.74) is 8.15. The molecule has 2 saturated heterocycles. The molecule has 2 heterocycles. The fraction of sp³-hybridized carbons (Fsp3) is 0.650. The third-order valence-electron chi connectivity index (χ3n) is 5.50. The molecular weight excluding hydrogens is 312 g/mol.